The molecule has 2 N–H and O–H groups in total. The molecule has 0 saturated heterocycles. The second-order valence-electron chi connectivity index (χ2n) is 9.90. The van der Waals surface area contributed by atoms with Crippen LogP contribution in [-0.4, -0.2) is 63.0 Å². The molecule has 0 aliphatic carbocycles. The fourth-order valence-electron chi connectivity index (χ4n) is 2.96. The predicted molar refractivity (Wildman–Crippen MR) is 140 cm³/mol. The van der Waals surface area contributed by atoms with Crippen LogP contribution in [0, 0.1) is 11.8 Å². The van der Waals surface area contributed by atoms with E-state index in [4.69, 9.17) is 38.9 Å². The Balaban J connectivity index is 3.12. The highest BCUT2D eigenvalue weighted by Gasteiger charge is 2.36. The molecule has 0 bridgehead atoms. The molecule has 39 heavy (non-hydrogen) atoms. The third-order valence-electron chi connectivity index (χ3n) is 5.22. The molecule has 0 aliphatic heterocycles. The molecule has 0 aliphatic rings. The van der Waals surface area contributed by atoms with E-state index >= 15 is 0 Å². The maximum absolute atomic E-state index is 12.6. The lowest BCUT2D eigenvalue weighted by Crippen LogP contribution is -2.51. The van der Waals surface area contributed by atoms with Gasteiger partial charge in [-0.3, -0.25) is 4.79 Å². The Morgan fingerprint density at radius 2 is 1.41 bits per heavy atom. The summed E-state index contributed by atoms with van der Waals surface area (Å²) >= 11 is 0. The van der Waals surface area contributed by atoms with Gasteiger partial charge in [-0.15, -0.1) is 0 Å². The molecule has 1 aromatic carbocycles. The summed E-state index contributed by atoms with van der Waals surface area (Å²) in [5.41, 5.74) is 5.19. The van der Waals surface area contributed by atoms with E-state index in [2.05, 4.69) is 0 Å². The first kappa shape index (κ1) is 33.5. The van der Waals surface area contributed by atoms with Crippen molar-refractivity contribution < 1.29 is 52.3 Å². The molecule has 0 aromatic heterocycles. The van der Waals surface area contributed by atoms with Crippen LogP contribution in [0.2, 0.25) is 0 Å². The van der Waals surface area contributed by atoms with Crippen molar-refractivity contribution in [3.8, 4) is 11.5 Å². The summed E-state index contributed by atoms with van der Waals surface area (Å²) in [5, 5.41) is 0. The van der Waals surface area contributed by atoms with Gasteiger partial charge in [-0.05, 0) is 42.9 Å². The molecule has 1 aromatic rings. The maximum atomic E-state index is 12.6. The lowest BCUT2D eigenvalue weighted by Gasteiger charge is -2.26. The van der Waals surface area contributed by atoms with Crippen molar-refractivity contribution in [3.05, 3.63) is 23.8 Å². The second kappa shape index (κ2) is 16.4. The van der Waals surface area contributed by atoms with Crippen molar-refractivity contribution in [3.63, 3.8) is 0 Å². The van der Waals surface area contributed by atoms with Crippen LogP contribution >= 0.6 is 0 Å². The Morgan fingerprint density at radius 1 is 0.846 bits per heavy atom. The second-order valence-corrected chi connectivity index (χ2v) is 9.90. The predicted octanol–water partition coefficient (Wildman–Crippen LogP) is 4.78. The standard InChI is InChI=1S/C27H41NO11/c1-8-19(6)37-24(30)34-12-11-27(28,23(29)33-7)14-20-9-10-21(38-25(31)35-15-17(2)3)22(13-20)39-26(32)36-16-18(4)5/h9-10,13,17-19H,8,11-12,14-16,28H2,1-7H3/t19-,27+/m0/s1. The van der Waals surface area contributed by atoms with E-state index < -0.39 is 30.0 Å². The van der Waals surface area contributed by atoms with Gasteiger partial charge < -0.3 is 38.9 Å². The van der Waals surface area contributed by atoms with Crippen LogP contribution in [0.5, 0.6) is 11.5 Å². The minimum absolute atomic E-state index is 0.0632. The number of hydrogen-bond acceptors (Lipinski definition) is 12. The number of esters is 1. The van der Waals surface area contributed by atoms with Crippen LogP contribution in [0.3, 0.4) is 0 Å². The summed E-state index contributed by atoms with van der Waals surface area (Å²) in [5.74, 6) is -0.862. The van der Waals surface area contributed by atoms with Gasteiger partial charge in [0, 0.05) is 12.8 Å². The van der Waals surface area contributed by atoms with Crippen LogP contribution in [0.4, 0.5) is 14.4 Å². The van der Waals surface area contributed by atoms with E-state index in [1.807, 2.05) is 34.6 Å². The quantitative estimate of drug-likeness (QED) is 0.190. The van der Waals surface area contributed by atoms with E-state index in [1.165, 1.54) is 25.3 Å². The monoisotopic (exact) mass is 555 g/mol. The van der Waals surface area contributed by atoms with Gasteiger partial charge in [-0.2, -0.15) is 0 Å². The van der Waals surface area contributed by atoms with E-state index in [0.29, 0.717) is 12.0 Å². The maximum Gasteiger partial charge on any atom is 0.513 e. The topological polar surface area (TPSA) is 159 Å². The van der Waals surface area contributed by atoms with Crippen LogP contribution < -0.4 is 15.2 Å². The van der Waals surface area contributed by atoms with Crippen LogP contribution in [-0.2, 0) is 34.9 Å². The fourth-order valence-corrected chi connectivity index (χ4v) is 2.96. The van der Waals surface area contributed by atoms with Crippen molar-refractivity contribution in [1.82, 2.24) is 0 Å². The van der Waals surface area contributed by atoms with E-state index in [-0.39, 0.29) is 62.1 Å². The number of carbonyl (C=O) groups excluding carboxylic acids is 4. The lowest BCUT2D eigenvalue weighted by molar-refractivity contribution is -0.147. The number of nitrogens with two attached hydrogens (primary N) is 1. The van der Waals surface area contributed by atoms with E-state index in [9.17, 15) is 19.2 Å². The van der Waals surface area contributed by atoms with Crippen molar-refractivity contribution in [1.29, 1.82) is 0 Å². The lowest BCUT2D eigenvalue weighted by atomic mass is 9.88. The average Bonchev–Trinajstić information content (AvgIpc) is 2.87. The molecule has 12 nitrogen and oxygen atoms in total. The molecular weight excluding hydrogens is 514 g/mol. The third kappa shape index (κ3) is 12.7. The van der Waals surface area contributed by atoms with Gasteiger partial charge in [0.15, 0.2) is 11.5 Å². The minimum atomic E-state index is -1.61. The number of rotatable bonds is 14. The Bertz CT molecular complexity index is 963. The van der Waals surface area contributed by atoms with Crippen LogP contribution in [0.25, 0.3) is 0 Å². The summed E-state index contributed by atoms with van der Waals surface area (Å²) < 4.78 is 35.6. The van der Waals surface area contributed by atoms with E-state index in [1.54, 1.807) is 6.92 Å². The SMILES string of the molecule is CC[C@H](C)OC(=O)OCC[C@@](N)(Cc1ccc(OC(=O)OCC(C)C)c(OC(=O)OCC(C)C)c1)C(=O)OC. The largest absolute Gasteiger partial charge is 0.513 e. The van der Waals surface area contributed by atoms with Crippen LogP contribution in [0.1, 0.15) is 59.9 Å². The molecule has 1 rings (SSSR count). The van der Waals surface area contributed by atoms with Gasteiger partial charge in [-0.1, -0.05) is 40.7 Å². The van der Waals surface area contributed by atoms with Gasteiger partial charge in [0.25, 0.3) is 0 Å². The smallest absolute Gasteiger partial charge is 0.468 e. The first-order chi connectivity index (χ1) is 18.3. The molecule has 220 valence electrons. The number of hydrogen-bond donors (Lipinski definition) is 1. The highest BCUT2D eigenvalue weighted by atomic mass is 16.7. The molecule has 0 unspecified atom stereocenters. The summed E-state index contributed by atoms with van der Waals surface area (Å²) in [6.07, 6.45) is -2.78. The molecule has 2 atom stereocenters. The number of ether oxygens (including phenoxy) is 7. The van der Waals surface area contributed by atoms with Gasteiger partial charge in [-0.25, -0.2) is 14.4 Å². The number of methoxy groups -OCH3 is 1. The molecule has 0 radical (unpaired) electrons. The zero-order chi connectivity index (χ0) is 29.6. The number of carbonyl (C=O) groups is 4. The molecule has 0 heterocycles. The summed E-state index contributed by atoms with van der Waals surface area (Å²) in [6.45, 7) is 11.0. The highest BCUT2D eigenvalue weighted by Crippen LogP contribution is 2.31. The minimum Gasteiger partial charge on any atom is -0.468 e. The van der Waals surface area contributed by atoms with Gasteiger partial charge in [0.05, 0.1) is 26.9 Å². The normalized spacial score (nSPS) is 13.2. The van der Waals surface area contributed by atoms with Gasteiger partial charge >= 0.3 is 24.4 Å². The van der Waals surface area contributed by atoms with Gasteiger partial charge in [0.1, 0.15) is 11.6 Å². The third-order valence-corrected chi connectivity index (χ3v) is 5.22. The van der Waals surface area contributed by atoms with Crippen molar-refractivity contribution in [2.75, 3.05) is 26.9 Å². The molecular formula is C27H41NO11. The Labute approximate surface area is 229 Å². The first-order valence-electron chi connectivity index (χ1n) is 12.8. The Kier molecular flexibility index (Phi) is 14.1. The van der Waals surface area contributed by atoms with Crippen molar-refractivity contribution in [2.45, 2.75) is 72.4 Å². The van der Waals surface area contributed by atoms with Crippen LogP contribution in [0.15, 0.2) is 18.2 Å². The average molecular weight is 556 g/mol. The molecule has 12 heteroatoms. The fraction of sp³-hybridized carbons (Fsp3) is 0.630. The van der Waals surface area contributed by atoms with Gasteiger partial charge in [0.2, 0.25) is 0 Å². The first-order valence-corrected chi connectivity index (χ1v) is 12.8. The molecule has 0 fully saturated rings. The van der Waals surface area contributed by atoms with Crippen molar-refractivity contribution >= 4 is 24.4 Å². The highest BCUT2D eigenvalue weighted by molar-refractivity contribution is 5.81. The summed E-state index contributed by atoms with van der Waals surface area (Å²) in [6, 6.07) is 4.28. The summed E-state index contributed by atoms with van der Waals surface area (Å²) in [7, 11) is 1.18. The molecule has 0 saturated carbocycles. The molecule has 0 amide bonds. The zero-order valence-electron chi connectivity index (χ0n) is 23.8. The molecule has 0 spiro atoms. The Hall–Kier alpha value is -3.54. The Morgan fingerprint density at radius 3 is 1.92 bits per heavy atom. The van der Waals surface area contributed by atoms with E-state index in [0.717, 1.165) is 0 Å². The zero-order valence-corrected chi connectivity index (χ0v) is 23.8. The summed E-state index contributed by atoms with van der Waals surface area (Å²) in [4.78, 5) is 48.8. The number of benzene rings is 1. The van der Waals surface area contributed by atoms with Crippen molar-refractivity contribution in [2.24, 2.45) is 17.6 Å².